The molecule has 0 saturated carbocycles. The van der Waals surface area contributed by atoms with Gasteiger partial charge in [-0.2, -0.15) is 0 Å². The number of carboxylic acid groups (broad SMARTS) is 2. The Morgan fingerprint density at radius 2 is 1.80 bits per heavy atom. The van der Waals surface area contributed by atoms with Crippen LogP contribution in [0.3, 0.4) is 0 Å². The minimum atomic E-state index is -1.28. The normalized spacial score (nSPS) is 18.8. The van der Waals surface area contributed by atoms with Crippen LogP contribution in [-0.2, 0) is 16.0 Å². The van der Waals surface area contributed by atoms with E-state index < -0.39 is 23.8 Å². The van der Waals surface area contributed by atoms with Crippen LogP contribution in [0, 0.1) is 12.3 Å². The number of benzene rings is 1. The maximum Gasteiger partial charge on any atom is 0.324 e. The number of hydrogen-bond donors (Lipinski definition) is 2. The zero-order valence-electron chi connectivity index (χ0n) is 14.2. The molecule has 2 N–H and O–H groups in total. The van der Waals surface area contributed by atoms with E-state index in [1.165, 1.54) is 0 Å². The summed E-state index contributed by atoms with van der Waals surface area (Å²) in [4.78, 5) is 38.8. The number of urea groups is 1. The standard InChI is InChI=1S/C18H22N2O5/c1-12-2-3-13-4-7-20(14(13)10-12)17(25)19-8-5-18(6-9-19,16(23)24)11-15(21)22/h2-3,10H,4-9,11H2,1H3,(H,21,22)(H,23,24). The predicted octanol–water partition coefficient (Wildman–Crippen LogP) is 2.12. The van der Waals surface area contributed by atoms with E-state index in [-0.39, 0.29) is 32.0 Å². The lowest BCUT2D eigenvalue weighted by Gasteiger charge is -2.39. The molecule has 1 aromatic rings. The molecule has 1 aromatic carbocycles. The van der Waals surface area contributed by atoms with Gasteiger partial charge in [0.2, 0.25) is 0 Å². The van der Waals surface area contributed by atoms with E-state index >= 15 is 0 Å². The van der Waals surface area contributed by atoms with Crippen LogP contribution in [-0.4, -0.2) is 52.7 Å². The predicted molar refractivity (Wildman–Crippen MR) is 90.8 cm³/mol. The molecular weight excluding hydrogens is 324 g/mol. The first kappa shape index (κ1) is 17.3. The van der Waals surface area contributed by atoms with Gasteiger partial charge in [-0.15, -0.1) is 0 Å². The number of rotatable bonds is 3. The molecule has 1 fully saturated rings. The monoisotopic (exact) mass is 346 g/mol. The van der Waals surface area contributed by atoms with E-state index in [2.05, 4.69) is 0 Å². The summed E-state index contributed by atoms with van der Waals surface area (Å²) in [6, 6.07) is 5.94. The molecule has 25 heavy (non-hydrogen) atoms. The molecule has 0 bridgehead atoms. The minimum absolute atomic E-state index is 0.126. The quantitative estimate of drug-likeness (QED) is 0.873. The molecule has 0 atom stereocenters. The van der Waals surface area contributed by atoms with Crippen molar-refractivity contribution < 1.29 is 24.6 Å². The second-order valence-electron chi connectivity index (χ2n) is 6.96. The van der Waals surface area contributed by atoms with Crippen molar-refractivity contribution in [1.29, 1.82) is 0 Å². The fourth-order valence-electron chi connectivity index (χ4n) is 3.74. The third-order valence-electron chi connectivity index (χ3n) is 5.30. The lowest BCUT2D eigenvalue weighted by Crippen LogP contribution is -2.51. The number of nitrogens with zero attached hydrogens (tertiary/aromatic N) is 2. The van der Waals surface area contributed by atoms with Crippen molar-refractivity contribution in [2.24, 2.45) is 5.41 Å². The Bertz CT molecular complexity index is 722. The fraction of sp³-hybridized carbons (Fsp3) is 0.500. The van der Waals surface area contributed by atoms with Gasteiger partial charge < -0.3 is 15.1 Å². The average molecular weight is 346 g/mol. The maximum absolute atomic E-state index is 12.9. The Labute approximate surface area is 145 Å². The highest BCUT2D eigenvalue weighted by atomic mass is 16.4. The topological polar surface area (TPSA) is 98.2 Å². The summed E-state index contributed by atoms with van der Waals surface area (Å²) >= 11 is 0. The van der Waals surface area contributed by atoms with Crippen LogP contribution in [0.5, 0.6) is 0 Å². The first-order valence-electron chi connectivity index (χ1n) is 8.43. The fourth-order valence-corrected chi connectivity index (χ4v) is 3.74. The van der Waals surface area contributed by atoms with Crippen LogP contribution >= 0.6 is 0 Å². The number of hydrogen-bond acceptors (Lipinski definition) is 3. The van der Waals surface area contributed by atoms with E-state index in [4.69, 9.17) is 5.11 Å². The number of carbonyl (C=O) groups is 3. The summed E-state index contributed by atoms with van der Waals surface area (Å²) in [6.07, 6.45) is 0.729. The largest absolute Gasteiger partial charge is 0.481 e. The van der Waals surface area contributed by atoms with Gasteiger partial charge >= 0.3 is 18.0 Å². The average Bonchev–Trinajstić information content (AvgIpc) is 2.97. The maximum atomic E-state index is 12.9. The van der Waals surface area contributed by atoms with Gasteiger partial charge in [0.1, 0.15) is 0 Å². The first-order chi connectivity index (χ1) is 11.8. The van der Waals surface area contributed by atoms with Gasteiger partial charge in [-0.1, -0.05) is 12.1 Å². The van der Waals surface area contributed by atoms with E-state index in [1.807, 2.05) is 25.1 Å². The molecule has 3 rings (SSSR count). The summed E-state index contributed by atoms with van der Waals surface area (Å²) in [5, 5.41) is 18.5. The van der Waals surface area contributed by atoms with Crippen molar-refractivity contribution >= 4 is 23.7 Å². The van der Waals surface area contributed by atoms with Gasteiger partial charge in [0.25, 0.3) is 0 Å². The molecule has 0 spiro atoms. The van der Waals surface area contributed by atoms with Gasteiger partial charge in [-0.05, 0) is 43.4 Å². The molecule has 7 heteroatoms. The van der Waals surface area contributed by atoms with Crippen molar-refractivity contribution in [2.45, 2.75) is 32.6 Å². The van der Waals surface area contributed by atoms with Gasteiger partial charge in [0.15, 0.2) is 0 Å². The van der Waals surface area contributed by atoms with E-state index in [1.54, 1.807) is 9.80 Å². The van der Waals surface area contributed by atoms with Gasteiger partial charge in [-0.3, -0.25) is 14.5 Å². The third-order valence-corrected chi connectivity index (χ3v) is 5.30. The molecule has 2 aliphatic heterocycles. The molecule has 2 amide bonds. The van der Waals surface area contributed by atoms with Gasteiger partial charge in [0, 0.05) is 25.3 Å². The van der Waals surface area contributed by atoms with Crippen molar-refractivity contribution in [2.75, 3.05) is 24.5 Å². The van der Waals surface area contributed by atoms with E-state index in [0.29, 0.717) is 6.54 Å². The number of aliphatic carboxylic acids is 2. The Hall–Kier alpha value is -2.57. The number of carboxylic acids is 2. The van der Waals surface area contributed by atoms with Crippen molar-refractivity contribution in [3.63, 3.8) is 0 Å². The van der Waals surface area contributed by atoms with Crippen LogP contribution in [0.25, 0.3) is 0 Å². The Morgan fingerprint density at radius 1 is 1.12 bits per heavy atom. The summed E-state index contributed by atoms with van der Waals surface area (Å²) < 4.78 is 0. The Morgan fingerprint density at radius 3 is 2.40 bits per heavy atom. The summed E-state index contributed by atoms with van der Waals surface area (Å²) in [5.74, 6) is -2.21. The molecule has 134 valence electrons. The number of fused-ring (bicyclic) bond motifs is 1. The van der Waals surface area contributed by atoms with Crippen molar-refractivity contribution in [3.8, 4) is 0 Å². The highest BCUT2D eigenvalue weighted by molar-refractivity contribution is 5.94. The van der Waals surface area contributed by atoms with E-state index in [9.17, 15) is 19.5 Å². The lowest BCUT2D eigenvalue weighted by molar-refractivity contribution is -0.158. The molecular formula is C18H22N2O5. The van der Waals surface area contributed by atoms with E-state index in [0.717, 1.165) is 23.2 Å². The molecule has 2 aliphatic rings. The SMILES string of the molecule is Cc1ccc2c(c1)N(C(=O)N1CCC(CC(=O)O)(C(=O)O)CC1)CC2. The van der Waals surface area contributed by atoms with Crippen LogP contribution in [0.4, 0.5) is 10.5 Å². The van der Waals surface area contributed by atoms with Crippen molar-refractivity contribution in [3.05, 3.63) is 29.3 Å². The van der Waals surface area contributed by atoms with Crippen molar-refractivity contribution in [1.82, 2.24) is 4.90 Å². The number of carbonyl (C=O) groups excluding carboxylic acids is 1. The first-order valence-corrected chi connectivity index (χ1v) is 8.43. The van der Waals surface area contributed by atoms with Crippen LogP contribution < -0.4 is 4.90 Å². The smallest absolute Gasteiger partial charge is 0.324 e. The molecule has 0 radical (unpaired) electrons. The Kier molecular flexibility index (Phi) is 4.41. The molecule has 0 aliphatic carbocycles. The van der Waals surface area contributed by atoms with Gasteiger partial charge in [0.05, 0.1) is 11.8 Å². The highest BCUT2D eigenvalue weighted by Crippen LogP contribution is 2.37. The zero-order chi connectivity index (χ0) is 18.2. The molecule has 2 heterocycles. The number of likely N-dealkylation sites (tertiary alicyclic amines) is 1. The summed E-state index contributed by atoms with van der Waals surface area (Å²) in [6.45, 7) is 3.12. The lowest BCUT2D eigenvalue weighted by atomic mass is 9.76. The number of piperidine rings is 1. The molecule has 0 aromatic heterocycles. The van der Waals surface area contributed by atoms with Crippen LogP contribution in [0.1, 0.15) is 30.4 Å². The van der Waals surface area contributed by atoms with Crippen LogP contribution in [0.15, 0.2) is 18.2 Å². The second kappa shape index (κ2) is 6.38. The highest BCUT2D eigenvalue weighted by Gasteiger charge is 2.45. The summed E-state index contributed by atoms with van der Waals surface area (Å²) in [7, 11) is 0. The summed E-state index contributed by atoms with van der Waals surface area (Å²) in [5.41, 5.74) is 1.87. The Balaban J connectivity index is 1.72. The van der Waals surface area contributed by atoms with Crippen LogP contribution in [0.2, 0.25) is 0 Å². The third kappa shape index (κ3) is 3.18. The molecule has 7 nitrogen and oxygen atoms in total. The van der Waals surface area contributed by atoms with Gasteiger partial charge in [-0.25, -0.2) is 4.79 Å². The second-order valence-corrected chi connectivity index (χ2v) is 6.96. The molecule has 0 unspecified atom stereocenters. The zero-order valence-corrected chi connectivity index (χ0v) is 14.2. The minimum Gasteiger partial charge on any atom is -0.481 e. The number of aryl methyl sites for hydroxylation is 1. The molecule has 1 saturated heterocycles. The number of anilines is 1. The number of amides is 2.